The fourth-order valence-electron chi connectivity index (χ4n) is 3.19. The highest BCUT2D eigenvalue weighted by atomic mass is 35.5. The lowest BCUT2D eigenvalue weighted by Gasteiger charge is -2.31. The molecule has 1 aliphatic rings. The van der Waals surface area contributed by atoms with Crippen molar-refractivity contribution < 1.29 is 13.2 Å². The van der Waals surface area contributed by atoms with E-state index in [1.807, 2.05) is 0 Å². The molecule has 1 amide bonds. The number of thiazole rings is 1. The predicted molar refractivity (Wildman–Crippen MR) is 112 cm³/mol. The molecule has 0 spiro atoms. The highest BCUT2D eigenvalue weighted by Gasteiger charge is 2.28. The van der Waals surface area contributed by atoms with Gasteiger partial charge in [-0.15, -0.1) is 11.3 Å². The van der Waals surface area contributed by atoms with Crippen LogP contribution in [0, 0.1) is 0 Å². The van der Waals surface area contributed by atoms with Gasteiger partial charge in [0.1, 0.15) is 4.90 Å². The number of hydrogen-bond acceptors (Lipinski definition) is 5. The zero-order chi connectivity index (χ0) is 20.7. The number of carbonyl (C=O) groups is 1. The third kappa shape index (κ3) is 4.56. The third-order valence-corrected chi connectivity index (χ3v) is 7.31. The first-order chi connectivity index (χ1) is 13.0. The summed E-state index contributed by atoms with van der Waals surface area (Å²) in [6.45, 7) is 7.64. The summed E-state index contributed by atoms with van der Waals surface area (Å²) in [4.78, 5) is 19.1. The summed E-state index contributed by atoms with van der Waals surface area (Å²) in [5.74, 6) is 0.130. The van der Waals surface area contributed by atoms with Gasteiger partial charge in [0, 0.05) is 35.4 Å². The highest BCUT2D eigenvalue weighted by Crippen LogP contribution is 2.33. The number of likely N-dealkylation sites (tertiary alicyclic amines) is 1. The molecule has 9 heteroatoms. The lowest BCUT2D eigenvalue weighted by Crippen LogP contribution is -2.38. The van der Waals surface area contributed by atoms with E-state index >= 15 is 0 Å². The maximum Gasteiger partial charge on any atom is 0.253 e. The van der Waals surface area contributed by atoms with E-state index in [9.17, 15) is 13.2 Å². The zero-order valence-electron chi connectivity index (χ0n) is 16.1. The van der Waals surface area contributed by atoms with Gasteiger partial charge in [-0.05, 0) is 31.0 Å². The van der Waals surface area contributed by atoms with Crippen molar-refractivity contribution in [3.63, 3.8) is 0 Å². The minimum absolute atomic E-state index is 0.0104. The maximum atomic E-state index is 12.8. The van der Waals surface area contributed by atoms with Gasteiger partial charge in [0.25, 0.3) is 5.91 Å². The van der Waals surface area contributed by atoms with Crippen LogP contribution in [0.3, 0.4) is 0 Å². The Morgan fingerprint density at radius 2 is 1.93 bits per heavy atom. The number of sulfonamides is 1. The lowest BCUT2D eigenvalue weighted by atomic mass is 9.93. The van der Waals surface area contributed by atoms with Gasteiger partial charge in [0.05, 0.1) is 15.7 Å². The molecule has 3 rings (SSSR count). The van der Waals surface area contributed by atoms with E-state index in [4.69, 9.17) is 21.7 Å². The van der Waals surface area contributed by atoms with Crippen molar-refractivity contribution in [2.45, 2.75) is 49.8 Å². The molecule has 6 nitrogen and oxygen atoms in total. The normalized spacial score (nSPS) is 16.4. The van der Waals surface area contributed by atoms with Crippen molar-refractivity contribution in [1.82, 2.24) is 9.88 Å². The Hall–Kier alpha value is -1.48. The van der Waals surface area contributed by atoms with Gasteiger partial charge in [0.15, 0.2) is 0 Å². The fraction of sp³-hybridized carbons (Fsp3) is 0.474. The average Bonchev–Trinajstić information content (AvgIpc) is 3.11. The summed E-state index contributed by atoms with van der Waals surface area (Å²) in [7, 11) is -3.98. The number of benzene rings is 1. The number of rotatable bonds is 3. The van der Waals surface area contributed by atoms with Gasteiger partial charge in [-0.3, -0.25) is 4.79 Å². The van der Waals surface area contributed by atoms with Crippen LogP contribution in [-0.2, 0) is 15.4 Å². The molecule has 1 aromatic carbocycles. The van der Waals surface area contributed by atoms with Crippen molar-refractivity contribution in [2.24, 2.45) is 5.14 Å². The molecule has 0 unspecified atom stereocenters. The van der Waals surface area contributed by atoms with Crippen LogP contribution in [0.2, 0.25) is 5.02 Å². The highest BCUT2D eigenvalue weighted by molar-refractivity contribution is 7.89. The molecule has 152 valence electrons. The quantitative estimate of drug-likeness (QED) is 0.784. The number of carbonyl (C=O) groups excluding carboxylic acids is 1. The summed E-state index contributed by atoms with van der Waals surface area (Å²) < 4.78 is 23.3. The van der Waals surface area contributed by atoms with Crippen molar-refractivity contribution in [1.29, 1.82) is 0 Å². The van der Waals surface area contributed by atoms with Crippen LogP contribution in [0.4, 0.5) is 0 Å². The number of primary sulfonamides is 1. The van der Waals surface area contributed by atoms with Gasteiger partial charge >= 0.3 is 0 Å². The summed E-state index contributed by atoms with van der Waals surface area (Å²) in [6, 6.07) is 4.18. The molecule has 0 aliphatic carbocycles. The van der Waals surface area contributed by atoms with E-state index < -0.39 is 10.0 Å². The number of halogens is 1. The smallest absolute Gasteiger partial charge is 0.253 e. The second-order valence-corrected chi connectivity index (χ2v) is 10.9. The molecule has 2 aromatic rings. The van der Waals surface area contributed by atoms with Gasteiger partial charge in [-0.2, -0.15) is 0 Å². The first-order valence-electron chi connectivity index (χ1n) is 9.04. The third-order valence-electron chi connectivity index (χ3n) is 4.91. The van der Waals surface area contributed by atoms with E-state index in [0.29, 0.717) is 19.0 Å². The first kappa shape index (κ1) is 21.2. The molecular formula is C19H24ClN3O3S2. The van der Waals surface area contributed by atoms with Crippen LogP contribution in [0.15, 0.2) is 28.5 Å². The summed E-state index contributed by atoms with van der Waals surface area (Å²) in [5, 5.41) is 8.43. The molecule has 0 bridgehead atoms. The molecule has 1 saturated heterocycles. The minimum Gasteiger partial charge on any atom is -0.339 e. The SMILES string of the molecule is CC(C)(C)c1csc(C2CCN(C(=O)c3ccc(Cl)c(S(N)(=O)=O)c3)CC2)n1. The minimum atomic E-state index is -3.98. The average molecular weight is 442 g/mol. The number of nitrogens with two attached hydrogens (primary N) is 1. The lowest BCUT2D eigenvalue weighted by molar-refractivity contribution is 0.0712. The standard InChI is InChI=1S/C19H24ClN3O3S2/c1-19(2,3)16-11-27-17(22-16)12-6-8-23(9-7-12)18(24)13-4-5-14(20)15(10-13)28(21,25)26/h4-5,10-12H,6-9H2,1-3H3,(H2,21,25,26). The van der Waals surface area contributed by atoms with Crippen LogP contribution in [-0.4, -0.2) is 37.3 Å². The molecule has 0 radical (unpaired) electrons. The second-order valence-electron chi connectivity index (χ2n) is 8.08. The Bertz CT molecular complexity index is 988. The van der Waals surface area contributed by atoms with Crippen LogP contribution < -0.4 is 5.14 Å². The van der Waals surface area contributed by atoms with Gasteiger partial charge < -0.3 is 4.90 Å². The number of amides is 1. The molecule has 0 saturated carbocycles. The van der Waals surface area contributed by atoms with Gasteiger partial charge in [0.2, 0.25) is 10.0 Å². The molecular weight excluding hydrogens is 418 g/mol. The van der Waals surface area contributed by atoms with E-state index in [1.165, 1.54) is 18.2 Å². The first-order valence-corrected chi connectivity index (χ1v) is 11.8. The van der Waals surface area contributed by atoms with Gasteiger partial charge in [-0.25, -0.2) is 18.5 Å². The number of piperidine rings is 1. The van der Waals surface area contributed by atoms with E-state index in [0.717, 1.165) is 23.5 Å². The number of aromatic nitrogens is 1. The molecule has 0 atom stereocenters. The van der Waals surface area contributed by atoms with Crippen molar-refractivity contribution in [2.75, 3.05) is 13.1 Å². The Morgan fingerprint density at radius 3 is 2.46 bits per heavy atom. The van der Waals surface area contributed by atoms with E-state index in [2.05, 4.69) is 26.2 Å². The van der Waals surface area contributed by atoms with E-state index in [1.54, 1.807) is 16.2 Å². The Balaban J connectivity index is 1.70. The van der Waals surface area contributed by atoms with Crippen LogP contribution in [0.25, 0.3) is 0 Å². The van der Waals surface area contributed by atoms with Crippen molar-refractivity contribution >= 4 is 38.9 Å². The number of hydrogen-bond donors (Lipinski definition) is 1. The molecule has 1 fully saturated rings. The van der Waals surface area contributed by atoms with Crippen LogP contribution in [0.5, 0.6) is 0 Å². The summed E-state index contributed by atoms with van der Waals surface area (Å²) in [5.41, 5.74) is 1.40. The molecule has 1 aliphatic heterocycles. The van der Waals surface area contributed by atoms with Crippen molar-refractivity contribution in [3.05, 3.63) is 44.9 Å². The molecule has 2 N–H and O–H groups in total. The summed E-state index contributed by atoms with van der Waals surface area (Å²) >= 11 is 7.59. The van der Waals surface area contributed by atoms with Crippen LogP contribution >= 0.6 is 22.9 Å². The molecule has 1 aromatic heterocycles. The van der Waals surface area contributed by atoms with Crippen LogP contribution in [0.1, 0.15) is 60.6 Å². The van der Waals surface area contributed by atoms with Crippen molar-refractivity contribution in [3.8, 4) is 0 Å². The Morgan fingerprint density at radius 1 is 1.29 bits per heavy atom. The van der Waals surface area contributed by atoms with E-state index in [-0.39, 0.29) is 26.8 Å². The Labute approximate surface area is 174 Å². The molecule has 28 heavy (non-hydrogen) atoms. The van der Waals surface area contributed by atoms with Gasteiger partial charge in [-0.1, -0.05) is 32.4 Å². The maximum absolute atomic E-state index is 12.8. The monoisotopic (exact) mass is 441 g/mol. The number of nitrogens with zero attached hydrogens (tertiary/aromatic N) is 2. The fourth-order valence-corrected chi connectivity index (χ4v) is 5.48. The Kier molecular flexibility index (Phi) is 5.87. The predicted octanol–water partition coefficient (Wildman–Crippen LogP) is 3.76. The largest absolute Gasteiger partial charge is 0.339 e. The second kappa shape index (κ2) is 7.74. The topological polar surface area (TPSA) is 93.4 Å². The molecule has 2 heterocycles. The zero-order valence-corrected chi connectivity index (χ0v) is 18.5. The summed E-state index contributed by atoms with van der Waals surface area (Å²) in [6.07, 6.45) is 1.66.